The van der Waals surface area contributed by atoms with Gasteiger partial charge in [0.2, 0.25) is 0 Å². The van der Waals surface area contributed by atoms with Crippen molar-refractivity contribution < 1.29 is 18.7 Å². The van der Waals surface area contributed by atoms with E-state index in [4.69, 9.17) is 17.0 Å². The van der Waals surface area contributed by atoms with E-state index in [0.29, 0.717) is 35.6 Å². The normalized spacial score (nSPS) is 14.8. The van der Waals surface area contributed by atoms with Gasteiger partial charge in [0.1, 0.15) is 18.2 Å². The molecule has 168 valence electrons. The summed E-state index contributed by atoms with van der Waals surface area (Å²) >= 11 is 14.6. The monoisotopic (exact) mass is 626 g/mol. The van der Waals surface area contributed by atoms with E-state index in [2.05, 4.69) is 37.3 Å². The maximum Gasteiger partial charge on any atom is 0.285 e. The number of hydrazine groups is 1. The summed E-state index contributed by atoms with van der Waals surface area (Å²) in [5, 5.41) is 2.85. The Morgan fingerprint density at radius 2 is 1.91 bits per heavy atom. The molecule has 0 saturated carbocycles. The summed E-state index contributed by atoms with van der Waals surface area (Å²) in [5.74, 6) is -0.646. The van der Waals surface area contributed by atoms with Gasteiger partial charge < -0.3 is 4.74 Å². The summed E-state index contributed by atoms with van der Waals surface area (Å²) < 4.78 is 21.1. The Kier molecular flexibility index (Phi) is 7.65. The van der Waals surface area contributed by atoms with Crippen LogP contribution < -0.4 is 10.2 Å². The second kappa shape index (κ2) is 10.5. The fourth-order valence-electron chi connectivity index (χ4n) is 2.85. The lowest BCUT2D eigenvalue weighted by molar-refractivity contribution is -0.123. The van der Waals surface area contributed by atoms with Crippen molar-refractivity contribution >= 4 is 89.4 Å². The summed E-state index contributed by atoms with van der Waals surface area (Å²) in [5.41, 5.74) is 3.69. The molecule has 0 radical (unpaired) electrons. The van der Waals surface area contributed by atoms with E-state index in [9.17, 15) is 14.0 Å². The van der Waals surface area contributed by atoms with Gasteiger partial charge in [-0.25, -0.2) is 4.39 Å². The first-order chi connectivity index (χ1) is 15.8. The number of thiophene rings is 1. The zero-order valence-corrected chi connectivity index (χ0v) is 22.1. The van der Waals surface area contributed by atoms with Crippen molar-refractivity contribution in [3.63, 3.8) is 0 Å². The molecule has 11 heteroatoms. The zero-order chi connectivity index (χ0) is 23.5. The van der Waals surface area contributed by atoms with Crippen molar-refractivity contribution in [2.24, 2.45) is 0 Å². The number of carbonyl (C=O) groups is 2. The number of ether oxygens (including phenoxy) is 1. The molecule has 1 aliphatic heterocycles. The van der Waals surface area contributed by atoms with Gasteiger partial charge in [-0.15, -0.1) is 11.3 Å². The first-order valence-corrected chi connectivity index (χ1v) is 13.0. The molecule has 33 heavy (non-hydrogen) atoms. The number of rotatable bonds is 6. The number of carbonyl (C=O) groups excluding carboxylic acids is 2. The predicted molar refractivity (Wildman–Crippen MR) is 139 cm³/mol. The number of thiocarbonyl (C=S) groups is 1. The third kappa shape index (κ3) is 5.55. The molecule has 2 heterocycles. The van der Waals surface area contributed by atoms with Crippen LogP contribution in [0, 0.1) is 5.82 Å². The third-order valence-corrected chi connectivity index (χ3v) is 7.75. The number of amides is 2. The van der Waals surface area contributed by atoms with Gasteiger partial charge in [0.15, 0.2) is 4.32 Å². The lowest BCUT2D eigenvalue weighted by Crippen LogP contribution is -2.44. The third-order valence-electron chi connectivity index (χ3n) is 4.40. The first kappa shape index (κ1) is 24.1. The van der Waals surface area contributed by atoms with E-state index < -0.39 is 11.8 Å². The van der Waals surface area contributed by atoms with E-state index in [0.717, 1.165) is 16.8 Å². The molecule has 1 aliphatic rings. The Morgan fingerprint density at radius 3 is 2.58 bits per heavy atom. The lowest BCUT2D eigenvalue weighted by Gasteiger charge is -2.14. The van der Waals surface area contributed by atoms with E-state index in [1.54, 1.807) is 53.9 Å². The van der Waals surface area contributed by atoms with Crippen LogP contribution in [0.2, 0.25) is 0 Å². The Morgan fingerprint density at radius 1 is 1.18 bits per heavy atom. The van der Waals surface area contributed by atoms with Crippen LogP contribution in [0.25, 0.3) is 6.08 Å². The summed E-state index contributed by atoms with van der Waals surface area (Å²) in [4.78, 5) is 25.9. The summed E-state index contributed by atoms with van der Waals surface area (Å²) in [6, 6.07) is 13.4. The van der Waals surface area contributed by atoms with Crippen molar-refractivity contribution in [2.45, 2.75) is 6.61 Å². The summed E-state index contributed by atoms with van der Waals surface area (Å²) in [6.07, 6.45) is 1.67. The largest absolute Gasteiger partial charge is 0.486 e. The minimum Gasteiger partial charge on any atom is -0.486 e. The van der Waals surface area contributed by atoms with E-state index in [1.807, 2.05) is 0 Å². The SMILES string of the molecule is O=C(NN1C(=O)/C(=C\c2cc(Br)c(OCc3ccccc3F)c(Br)c2)SC1=S)c1cccs1. The van der Waals surface area contributed by atoms with Crippen LogP contribution in [-0.4, -0.2) is 21.1 Å². The topological polar surface area (TPSA) is 58.6 Å². The second-order valence-electron chi connectivity index (χ2n) is 6.63. The number of halogens is 3. The molecule has 1 aromatic heterocycles. The minimum atomic E-state index is -0.415. The maximum atomic E-state index is 13.9. The first-order valence-electron chi connectivity index (χ1n) is 9.31. The van der Waals surface area contributed by atoms with Gasteiger partial charge in [-0.05, 0) is 85.4 Å². The Labute approximate surface area is 219 Å². The quantitative estimate of drug-likeness (QED) is 0.249. The summed E-state index contributed by atoms with van der Waals surface area (Å²) in [6.45, 7) is 0.0613. The van der Waals surface area contributed by atoms with Gasteiger partial charge in [0, 0.05) is 5.56 Å². The Hall–Kier alpha value is -2.05. The molecule has 5 nitrogen and oxygen atoms in total. The molecule has 0 bridgehead atoms. The number of nitrogens with one attached hydrogen (secondary N) is 1. The molecule has 1 fully saturated rings. The average molecular weight is 628 g/mol. The maximum absolute atomic E-state index is 13.9. The molecule has 4 rings (SSSR count). The highest BCUT2D eigenvalue weighted by molar-refractivity contribution is 9.11. The van der Waals surface area contributed by atoms with Crippen molar-refractivity contribution in [3.05, 3.63) is 89.6 Å². The number of hydrogen-bond donors (Lipinski definition) is 1. The smallest absolute Gasteiger partial charge is 0.285 e. The number of hydrogen-bond acceptors (Lipinski definition) is 6. The van der Waals surface area contributed by atoms with Crippen LogP contribution in [-0.2, 0) is 11.4 Å². The molecule has 0 atom stereocenters. The molecule has 0 unspecified atom stereocenters. The second-order valence-corrected chi connectivity index (χ2v) is 11.0. The molecular weight excluding hydrogens is 615 g/mol. The Balaban J connectivity index is 1.49. The van der Waals surface area contributed by atoms with Gasteiger partial charge in [-0.3, -0.25) is 15.0 Å². The molecule has 2 aromatic carbocycles. The summed E-state index contributed by atoms with van der Waals surface area (Å²) in [7, 11) is 0. The van der Waals surface area contributed by atoms with Crippen molar-refractivity contribution in [2.75, 3.05) is 0 Å². The molecule has 2 amide bonds. The highest BCUT2D eigenvalue weighted by Gasteiger charge is 2.34. The van der Waals surface area contributed by atoms with Crippen molar-refractivity contribution in [1.82, 2.24) is 10.4 Å². The van der Waals surface area contributed by atoms with Crippen LogP contribution in [0.5, 0.6) is 5.75 Å². The highest BCUT2D eigenvalue weighted by Crippen LogP contribution is 2.38. The van der Waals surface area contributed by atoms with Gasteiger partial charge in [0.25, 0.3) is 11.8 Å². The molecule has 0 spiro atoms. The molecule has 1 saturated heterocycles. The number of thioether (sulfide) groups is 1. The average Bonchev–Trinajstić information content (AvgIpc) is 3.39. The van der Waals surface area contributed by atoms with Crippen LogP contribution in [0.4, 0.5) is 4.39 Å². The standard InChI is InChI=1S/C22H13Br2FN2O3S3/c23-14-8-12(9-15(24)19(14)30-11-13-4-1-2-5-16(13)25)10-18-21(29)27(22(31)33-18)26-20(28)17-6-3-7-32-17/h1-10H,11H2,(H,26,28)/b18-10+. The van der Waals surface area contributed by atoms with Crippen molar-refractivity contribution in [3.8, 4) is 5.75 Å². The van der Waals surface area contributed by atoms with Crippen LogP contribution >= 0.6 is 67.2 Å². The van der Waals surface area contributed by atoms with Gasteiger partial charge in [0.05, 0.1) is 18.7 Å². The fraction of sp³-hybridized carbons (Fsp3) is 0.0455. The van der Waals surface area contributed by atoms with Crippen molar-refractivity contribution in [1.29, 1.82) is 0 Å². The lowest BCUT2D eigenvalue weighted by atomic mass is 10.2. The van der Waals surface area contributed by atoms with E-state index in [1.165, 1.54) is 17.4 Å². The minimum absolute atomic E-state index is 0.0613. The molecule has 0 aliphatic carbocycles. The van der Waals surface area contributed by atoms with Crippen LogP contribution in [0.15, 0.2) is 67.8 Å². The Bertz CT molecular complexity index is 1260. The molecular formula is C22H13Br2FN2O3S3. The predicted octanol–water partition coefficient (Wildman–Crippen LogP) is 6.54. The van der Waals surface area contributed by atoms with Gasteiger partial charge >= 0.3 is 0 Å². The molecule has 3 aromatic rings. The van der Waals surface area contributed by atoms with Crippen LogP contribution in [0.1, 0.15) is 20.8 Å². The number of nitrogens with zero attached hydrogens (tertiary/aromatic N) is 1. The highest BCUT2D eigenvalue weighted by atomic mass is 79.9. The van der Waals surface area contributed by atoms with E-state index in [-0.39, 0.29) is 16.7 Å². The van der Waals surface area contributed by atoms with Crippen LogP contribution in [0.3, 0.4) is 0 Å². The van der Waals surface area contributed by atoms with Gasteiger partial charge in [-0.2, -0.15) is 5.01 Å². The fourth-order valence-corrected chi connectivity index (χ4v) is 6.09. The van der Waals surface area contributed by atoms with Gasteiger partial charge in [-0.1, -0.05) is 36.0 Å². The zero-order valence-electron chi connectivity index (χ0n) is 16.5. The number of benzene rings is 2. The van der Waals surface area contributed by atoms with E-state index >= 15 is 0 Å². The molecule has 1 N–H and O–H groups in total.